The zero-order chi connectivity index (χ0) is 13.9. The van der Waals surface area contributed by atoms with E-state index in [-0.39, 0.29) is 12.2 Å². The molecule has 1 aromatic rings. The Balaban J connectivity index is 2.08. The molecule has 5 heteroatoms. The van der Waals surface area contributed by atoms with E-state index in [9.17, 15) is 9.18 Å². The van der Waals surface area contributed by atoms with Gasteiger partial charge in [-0.05, 0) is 31.2 Å². The lowest BCUT2D eigenvalue weighted by atomic mass is 10.2. The molecule has 0 saturated carbocycles. The number of ether oxygens (including phenoxy) is 2. The van der Waals surface area contributed by atoms with Crippen molar-refractivity contribution in [2.24, 2.45) is 0 Å². The normalized spacial score (nSPS) is 10.4. The van der Waals surface area contributed by atoms with Crippen LogP contribution in [0, 0.1) is 5.82 Å². The minimum atomic E-state index is -0.535. The Morgan fingerprint density at radius 1 is 1.26 bits per heavy atom. The molecule has 1 aromatic carbocycles. The second-order valence-electron chi connectivity index (χ2n) is 4.01. The van der Waals surface area contributed by atoms with Crippen molar-refractivity contribution in [3.8, 4) is 0 Å². The van der Waals surface area contributed by atoms with Crippen molar-refractivity contribution in [1.82, 2.24) is 5.32 Å². The van der Waals surface area contributed by atoms with E-state index in [2.05, 4.69) is 12.2 Å². The van der Waals surface area contributed by atoms with Gasteiger partial charge >= 0.3 is 5.97 Å². The molecule has 106 valence electrons. The fourth-order valence-corrected chi connectivity index (χ4v) is 1.44. The summed E-state index contributed by atoms with van der Waals surface area (Å²) in [6, 6.07) is 5.42. The second-order valence-corrected chi connectivity index (χ2v) is 4.01. The molecule has 0 atom stereocenters. The van der Waals surface area contributed by atoms with Crippen molar-refractivity contribution in [1.29, 1.82) is 0 Å². The minimum absolute atomic E-state index is 0.170. The Bertz CT molecular complexity index is 385. The zero-order valence-corrected chi connectivity index (χ0v) is 11.2. The van der Waals surface area contributed by atoms with E-state index in [1.165, 1.54) is 18.2 Å². The van der Waals surface area contributed by atoms with Crippen molar-refractivity contribution < 1.29 is 18.7 Å². The number of hydrogen-bond donors (Lipinski definition) is 1. The molecule has 19 heavy (non-hydrogen) atoms. The number of carbonyl (C=O) groups excluding carboxylic acids is 1. The Morgan fingerprint density at radius 2 is 2.11 bits per heavy atom. The van der Waals surface area contributed by atoms with Crippen molar-refractivity contribution in [2.75, 3.05) is 32.9 Å². The number of rotatable bonds is 9. The largest absolute Gasteiger partial charge is 0.460 e. The van der Waals surface area contributed by atoms with Crippen molar-refractivity contribution in [3.63, 3.8) is 0 Å². The van der Waals surface area contributed by atoms with Gasteiger partial charge in [0.05, 0.1) is 18.8 Å². The molecule has 0 saturated heterocycles. The molecule has 0 heterocycles. The number of nitrogens with one attached hydrogen (secondary N) is 1. The third-order valence-corrected chi connectivity index (χ3v) is 2.37. The first-order valence-electron chi connectivity index (χ1n) is 6.45. The Hall–Kier alpha value is -1.46. The summed E-state index contributed by atoms with van der Waals surface area (Å²) in [5, 5.41) is 3.19. The van der Waals surface area contributed by atoms with Crippen LogP contribution < -0.4 is 5.32 Å². The van der Waals surface area contributed by atoms with Crippen LogP contribution in [0.4, 0.5) is 4.39 Å². The third-order valence-electron chi connectivity index (χ3n) is 2.37. The van der Waals surface area contributed by atoms with Crippen LogP contribution >= 0.6 is 0 Å². The van der Waals surface area contributed by atoms with E-state index in [4.69, 9.17) is 9.47 Å². The highest BCUT2D eigenvalue weighted by atomic mass is 19.1. The summed E-state index contributed by atoms with van der Waals surface area (Å²) in [7, 11) is 0. The van der Waals surface area contributed by atoms with E-state index >= 15 is 0 Å². The van der Waals surface area contributed by atoms with Gasteiger partial charge in [-0.25, -0.2) is 9.18 Å². The molecule has 4 nitrogen and oxygen atoms in total. The molecule has 0 aromatic heterocycles. The van der Waals surface area contributed by atoms with Gasteiger partial charge in [-0.2, -0.15) is 0 Å². The summed E-state index contributed by atoms with van der Waals surface area (Å²) in [4.78, 5) is 11.5. The van der Waals surface area contributed by atoms with Gasteiger partial charge < -0.3 is 14.8 Å². The van der Waals surface area contributed by atoms with Crippen LogP contribution in [-0.2, 0) is 9.47 Å². The predicted octanol–water partition coefficient (Wildman–Crippen LogP) is 2.00. The highest BCUT2D eigenvalue weighted by Crippen LogP contribution is 2.04. The number of esters is 1. The number of carbonyl (C=O) groups is 1. The fourth-order valence-electron chi connectivity index (χ4n) is 1.44. The van der Waals surface area contributed by atoms with E-state index in [1.807, 2.05) is 0 Å². The summed E-state index contributed by atoms with van der Waals surface area (Å²) in [5.74, 6) is -0.986. The fraction of sp³-hybridized carbons (Fsp3) is 0.500. The molecule has 0 aliphatic heterocycles. The highest BCUT2D eigenvalue weighted by molar-refractivity contribution is 5.89. The molecule has 0 unspecified atom stereocenters. The molecule has 0 radical (unpaired) electrons. The first-order valence-corrected chi connectivity index (χ1v) is 6.45. The van der Waals surface area contributed by atoms with E-state index in [0.717, 1.165) is 25.6 Å². The third kappa shape index (κ3) is 6.88. The average molecular weight is 269 g/mol. The molecular formula is C14H20FNO3. The van der Waals surface area contributed by atoms with Crippen LogP contribution in [0.1, 0.15) is 23.7 Å². The summed E-state index contributed by atoms with van der Waals surface area (Å²) >= 11 is 0. The van der Waals surface area contributed by atoms with Gasteiger partial charge in [0.2, 0.25) is 0 Å². The monoisotopic (exact) mass is 269 g/mol. The van der Waals surface area contributed by atoms with Gasteiger partial charge in [0.1, 0.15) is 12.4 Å². The SMILES string of the molecule is CCCNCCOCCOC(=O)c1cccc(F)c1. The van der Waals surface area contributed by atoms with Crippen LogP contribution in [0.3, 0.4) is 0 Å². The second kappa shape index (κ2) is 9.47. The number of halogens is 1. The quantitative estimate of drug-likeness (QED) is 0.550. The molecule has 1 N–H and O–H groups in total. The van der Waals surface area contributed by atoms with Gasteiger partial charge in [-0.15, -0.1) is 0 Å². The van der Waals surface area contributed by atoms with Crippen molar-refractivity contribution in [3.05, 3.63) is 35.6 Å². The average Bonchev–Trinajstić information content (AvgIpc) is 2.41. The molecule has 0 amide bonds. The number of hydrogen-bond acceptors (Lipinski definition) is 4. The summed E-state index contributed by atoms with van der Waals surface area (Å²) < 4.78 is 23.1. The van der Waals surface area contributed by atoms with Crippen LogP contribution in [0.15, 0.2) is 24.3 Å². The molecule has 0 aliphatic rings. The maximum absolute atomic E-state index is 12.9. The molecule has 0 aliphatic carbocycles. The van der Waals surface area contributed by atoms with Gasteiger partial charge in [0.15, 0.2) is 0 Å². The van der Waals surface area contributed by atoms with Crippen LogP contribution in [0.2, 0.25) is 0 Å². The van der Waals surface area contributed by atoms with Gasteiger partial charge in [-0.1, -0.05) is 13.0 Å². The Labute approximate surface area is 112 Å². The maximum atomic E-state index is 12.9. The topological polar surface area (TPSA) is 47.6 Å². The first kappa shape index (κ1) is 15.6. The van der Waals surface area contributed by atoms with Gasteiger partial charge in [0, 0.05) is 6.54 Å². The Kier molecular flexibility index (Phi) is 7.77. The maximum Gasteiger partial charge on any atom is 0.338 e. The predicted molar refractivity (Wildman–Crippen MR) is 70.7 cm³/mol. The summed E-state index contributed by atoms with van der Waals surface area (Å²) in [6.45, 7) is 4.94. The van der Waals surface area contributed by atoms with E-state index in [1.54, 1.807) is 0 Å². The van der Waals surface area contributed by atoms with E-state index in [0.29, 0.717) is 13.2 Å². The highest BCUT2D eigenvalue weighted by Gasteiger charge is 2.07. The van der Waals surface area contributed by atoms with Crippen molar-refractivity contribution in [2.45, 2.75) is 13.3 Å². The minimum Gasteiger partial charge on any atom is -0.460 e. The lowest BCUT2D eigenvalue weighted by Gasteiger charge is -2.06. The zero-order valence-electron chi connectivity index (χ0n) is 11.2. The van der Waals surface area contributed by atoms with E-state index < -0.39 is 11.8 Å². The first-order chi connectivity index (χ1) is 9.24. The molecular weight excluding hydrogens is 249 g/mol. The molecule has 0 bridgehead atoms. The van der Waals surface area contributed by atoms with Gasteiger partial charge in [0.25, 0.3) is 0 Å². The number of benzene rings is 1. The van der Waals surface area contributed by atoms with Crippen molar-refractivity contribution >= 4 is 5.97 Å². The van der Waals surface area contributed by atoms with Crippen LogP contribution in [0.5, 0.6) is 0 Å². The molecule has 0 spiro atoms. The smallest absolute Gasteiger partial charge is 0.338 e. The molecule has 0 fully saturated rings. The summed E-state index contributed by atoms with van der Waals surface area (Å²) in [5.41, 5.74) is 0.213. The van der Waals surface area contributed by atoms with Crippen LogP contribution in [0.25, 0.3) is 0 Å². The lowest BCUT2D eigenvalue weighted by Crippen LogP contribution is -2.21. The molecule has 1 rings (SSSR count). The Morgan fingerprint density at radius 3 is 2.84 bits per heavy atom. The van der Waals surface area contributed by atoms with Gasteiger partial charge in [-0.3, -0.25) is 0 Å². The standard InChI is InChI=1S/C14H20FNO3/c1-2-6-16-7-8-18-9-10-19-14(17)12-4-3-5-13(15)11-12/h3-5,11,16H,2,6-10H2,1H3. The van der Waals surface area contributed by atoms with Crippen LogP contribution in [-0.4, -0.2) is 38.9 Å². The summed E-state index contributed by atoms with van der Waals surface area (Å²) in [6.07, 6.45) is 1.09. The lowest BCUT2D eigenvalue weighted by molar-refractivity contribution is 0.0321.